The maximum Gasteiger partial charge on any atom is 0.254 e. The average molecular weight is 494 g/mol. The topological polar surface area (TPSA) is 80.3 Å². The van der Waals surface area contributed by atoms with Crippen molar-refractivity contribution in [2.24, 2.45) is 0 Å². The third-order valence-corrected chi connectivity index (χ3v) is 7.30. The first-order chi connectivity index (χ1) is 17.6. The summed E-state index contributed by atoms with van der Waals surface area (Å²) < 4.78 is 17.2. The monoisotopic (exact) mass is 493 g/mol. The minimum Gasteiger partial charge on any atom is -0.490 e. The van der Waals surface area contributed by atoms with Gasteiger partial charge in [-0.1, -0.05) is 18.2 Å². The summed E-state index contributed by atoms with van der Waals surface area (Å²) in [6.07, 6.45) is 0.706. The fourth-order valence-corrected chi connectivity index (χ4v) is 5.63. The van der Waals surface area contributed by atoms with Gasteiger partial charge in [-0.2, -0.15) is 0 Å². The number of ether oxygens (including phenoxy) is 3. The summed E-state index contributed by atoms with van der Waals surface area (Å²) in [5.41, 5.74) is 3.46. The van der Waals surface area contributed by atoms with Crippen LogP contribution in [0.1, 0.15) is 52.9 Å². The molecule has 2 unspecified atom stereocenters. The van der Waals surface area contributed by atoms with Gasteiger partial charge in [-0.25, -0.2) is 0 Å². The Morgan fingerprint density at radius 3 is 2.50 bits per heavy atom. The van der Waals surface area contributed by atoms with E-state index in [0.29, 0.717) is 49.8 Å². The predicted octanol–water partition coefficient (Wildman–Crippen LogP) is 2.77. The standard InChI is InChI=1S/C28H35N3O5/c1-3-35-23-17-19-9-11-31-26(22(19)18-24(23)36-4-2)25(20-7-5-6-8-21(20)28(31)33)27(32)29-10-12-30-13-15-34-16-14-30/h5-8,17-18,25-26H,3-4,9-16H2,1-2H3,(H,29,32). The lowest BCUT2D eigenvalue weighted by atomic mass is 9.75. The van der Waals surface area contributed by atoms with Gasteiger partial charge in [0.2, 0.25) is 5.91 Å². The first-order valence-corrected chi connectivity index (χ1v) is 13.0. The molecule has 5 rings (SSSR count). The molecule has 3 heterocycles. The summed E-state index contributed by atoms with van der Waals surface area (Å²) in [5.74, 6) is 0.775. The Labute approximate surface area is 212 Å². The van der Waals surface area contributed by atoms with Gasteiger partial charge in [0, 0.05) is 38.3 Å². The van der Waals surface area contributed by atoms with E-state index >= 15 is 0 Å². The first kappa shape index (κ1) is 24.6. The highest BCUT2D eigenvalue weighted by Gasteiger charge is 2.46. The van der Waals surface area contributed by atoms with Crippen LogP contribution in [-0.2, 0) is 16.0 Å². The summed E-state index contributed by atoms with van der Waals surface area (Å²) in [6.45, 7) is 10.0. The number of morpholine rings is 1. The summed E-state index contributed by atoms with van der Waals surface area (Å²) in [5, 5.41) is 3.18. The first-order valence-electron chi connectivity index (χ1n) is 13.0. The second-order valence-corrected chi connectivity index (χ2v) is 9.37. The van der Waals surface area contributed by atoms with Crippen LogP contribution in [0.4, 0.5) is 0 Å². The largest absolute Gasteiger partial charge is 0.490 e. The Kier molecular flexibility index (Phi) is 7.43. The van der Waals surface area contributed by atoms with E-state index in [4.69, 9.17) is 14.2 Å². The number of nitrogens with zero attached hydrogens (tertiary/aromatic N) is 2. The number of fused-ring (bicyclic) bond motifs is 4. The number of amides is 2. The van der Waals surface area contributed by atoms with Gasteiger partial charge in [0.15, 0.2) is 11.5 Å². The summed E-state index contributed by atoms with van der Waals surface area (Å²) in [7, 11) is 0. The quantitative estimate of drug-likeness (QED) is 0.609. The van der Waals surface area contributed by atoms with Crippen LogP contribution in [0.25, 0.3) is 0 Å². The van der Waals surface area contributed by atoms with Crippen LogP contribution < -0.4 is 14.8 Å². The molecule has 0 aromatic heterocycles. The Bertz CT molecular complexity index is 1110. The fraction of sp³-hybridized carbons (Fsp3) is 0.500. The zero-order chi connectivity index (χ0) is 25.1. The molecule has 0 bridgehead atoms. The van der Waals surface area contributed by atoms with Crippen molar-refractivity contribution in [3.8, 4) is 11.5 Å². The maximum absolute atomic E-state index is 13.8. The molecule has 3 aliphatic rings. The molecule has 0 radical (unpaired) electrons. The highest BCUT2D eigenvalue weighted by Crippen LogP contribution is 2.48. The van der Waals surface area contributed by atoms with Crippen LogP contribution in [0.3, 0.4) is 0 Å². The van der Waals surface area contributed by atoms with Crippen LogP contribution in [0.2, 0.25) is 0 Å². The van der Waals surface area contributed by atoms with Crippen molar-refractivity contribution < 1.29 is 23.8 Å². The van der Waals surface area contributed by atoms with Crippen LogP contribution in [-0.4, -0.2) is 80.8 Å². The normalized spacial score (nSPS) is 21.3. The maximum atomic E-state index is 13.8. The van der Waals surface area contributed by atoms with Crippen molar-refractivity contribution in [2.45, 2.75) is 32.2 Å². The van der Waals surface area contributed by atoms with E-state index in [2.05, 4.69) is 10.2 Å². The molecule has 0 aliphatic carbocycles. The number of hydrogen-bond donors (Lipinski definition) is 1. The Morgan fingerprint density at radius 2 is 1.75 bits per heavy atom. The lowest BCUT2D eigenvalue weighted by Gasteiger charge is -2.45. The number of rotatable bonds is 8. The minimum absolute atomic E-state index is 0.0227. The zero-order valence-corrected chi connectivity index (χ0v) is 21.1. The molecular weight excluding hydrogens is 458 g/mol. The Morgan fingerprint density at radius 1 is 1.03 bits per heavy atom. The molecule has 0 spiro atoms. The zero-order valence-electron chi connectivity index (χ0n) is 21.1. The molecule has 2 aromatic carbocycles. The van der Waals surface area contributed by atoms with Crippen molar-refractivity contribution >= 4 is 11.8 Å². The molecule has 1 fully saturated rings. The van der Waals surface area contributed by atoms with Gasteiger partial charge >= 0.3 is 0 Å². The second kappa shape index (κ2) is 10.9. The second-order valence-electron chi connectivity index (χ2n) is 9.37. The molecule has 8 heteroatoms. The molecule has 3 aliphatic heterocycles. The summed E-state index contributed by atoms with van der Waals surface area (Å²) >= 11 is 0. The molecule has 1 saturated heterocycles. The number of carbonyl (C=O) groups excluding carboxylic acids is 2. The third kappa shape index (κ3) is 4.67. The van der Waals surface area contributed by atoms with Crippen molar-refractivity contribution in [2.75, 3.05) is 59.2 Å². The fourth-order valence-electron chi connectivity index (χ4n) is 5.63. The molecule has 8 nitrogen and oxygen atoms in total. The lowest BCUT2D eigenvalue weighted by molar-refractivity contribution is -0.124. The van der Waals surface area contributed by atoms with E-state index in [0.717, 1.165) is 49.5 Å². The van der Waals surface area contributed by atoms with E-state index in [1.165, 1.54) is 0 Å². The summed E-state index contributed by atoms with van der Waals surface area (Å²) in [6, 6.07) is 11.1. The van der Waals surface area contributed by atoms with E-state index in [1.54, 1.807) is 0 Å². The van der Waals surface area contributed by atoms with Crippen LogP contribution in [0.15, 0.2) is 36.4 Å². The van der Waals surface area contributed by atoms with Gasteiger partial charge in [0.05, 0.1) is 38.4 Å². The van der Waals surface area contributed by atoms with Gasteiger partial charge in [-0.3, -0.25) is 14.5 Å². The van der Waals surface area contributed by atoms with Crippen LogP contribution >= 0.6 is 0 Å². The van der Waals surface area contributed by atoms with Crippen molar-refractivity contribution in [3.05, 3.63) is 58.7 Å². The van der Waals surface area contributed by atoms with E-state index in [-0.39, 0.29) is 11.8 Å². The van der Waals surface area contributed by atoms with Gasteiger partial charge < -0.3 is 24.4 Å². The SMILES string of the molecule is CCOc1cc2c(cc1OCC)C1C(C(=O)NCCN3CCOCC3)c3ccccc3C(=O)N1CC2. The molecule has 1 N–H and O–H groups in total. The van der Waals surface area contributed by atoms with Gasteiger partial charge in [0.25, 0.3) is 5.91 Å². The van der Waals surface area contributed by atoms with Crippen molar-refractivity contribution in [1.29, 1.82) is 0 Å². The molecular formula is C28H35N3O5. The van der Waals surface area contributed by atoms with E-state index in [9.17, 15) is 9.59 Å². The molecule has 192 valence electrons. The van der Waals surface area contributed by atoms with Crippen LogP contribution in [0.5, 0.6) is 11.5 Å². The van der Waals surface area contributed by atoms with Gasteiger partial charge in [-0.05, 0) is 55.2 Å². The minimum atomic E-state index is -0.505. The Balaban J connectivity index is 1.49. The van der Waals surface area contributed by atoms with Gasteiger partial charge in [0.1, 0.15) is 0 Å². The lowest BCUT2D eigenvalue weighted by Crippen LogP contribution is -2.50. The Hall–Kier alpha value is -3.10. The highest BCUT2D eigenvalue weighted by atomic mass is 16.5. The third-order valence-electron chi connectivity index (χ3n) is 7.30. The average Bonchev–Trinajstić information content (AvgIpc) is 2.90. The molecule has 2 atom stereocenters. The van der Waals surface area contributed by atoms with Crippen molar-refractivity contribution in [1.82, 2.24) is 15.1 Å². The smallest absolute Gasteiger partial charge is 0.254 e. The number of benzene rings is 2. The van der Waals surface area contributed by atoms with E-state index < -0.39 is 12.0 Å². The number of nitrogens with one attached hydrogen (secondary N) is 1. The number of carbonyl (C=O) groups is 2. The van der Waals surface area contributed by atoms with E-state index in [1.807, 2.05) is 55.1 Å². The van der Waals surface area contributed by atoms with Gasteiger partial charge in [-0.15, -0.1) is 0 Å². The van der Waals surface area contributed by atoms with Crippen molar-refractivity contribution in [3.63, 3.8) is 0 Å². The van der Waals surface area contributed by atoms with Crippen LogP contribution in [0, 0.1) is 0 Å². The molecule has 2 aromatic rings. The highest BCUT2D eigenvalue weighted by molar-refractivity contribution is 6.01. The molecule has 2 amide bonds. The predicted molar refractivity (Wildman–Crippen MR) is 136 cm³/mol. The number of hydrogen-bond acceptors (Lipinski definition) is 6. The summed E-state index contributed by atoms with van der Waals surface area (Å²) in [4.78, 5) is 31.5. The molecule has 0 saturated carbocycles. The molecule has 36 heavy (non-hydrogen) atoms.